The van der Waals surface area contributed by atoms with Crippen molar-refractivity contribution in [1.29, 1.82) is 0 Å². The quantitative estimate of drug-likeness (QED) is 0.353. The Hall–Kier alpha value is -3.52. The predicted octanol–water partition coefficient (Wildman–Crippen LogP) is 4.40. The fourth-order valence-electron chi connectivity index (χ4n) is 4.64. The molecule has 4 rings (SSSR count). The van der Waals surface area contributed by atoms with Crippen LogP contribution in [-0.2, 0) is 16.1 Å². The third-order valence-corrected chi connectivity index (χ3v) is 6.70. The number of benzene rings is 2. The highest BCUT2D eigenvalue weighted by Crippen LogP contribution is 2.37. The van der Waals surface area contributed by atoms with Gasteiger partial charge in [-0.1, -0.05) is 73.0 Å². The van der Waals surface area contributed by atoms with E-state index < -0.39 is 12.1 Å². The van der Waals surface area contributed by atoms with Gasteiger partial charge in [-0.3, -0.25) is 4.79 Å². The molecule has 8 heteroatoms. The Morgan fingerprint density at radius 2 is 1.83 bits per heavy atom. The first-order valence-corrected chi connectivity index (χ1v) is 12.6. The van der Waals surface area contributed by atoms with E-state index in [9.17, 15) is 14.7 Å². The van der Waals surface area contributed by atoms with Crippen LogP contribution < -0.4 is 0 Å². The molecule has 36 heavy (non-hydrogen) atoms. The van der Waals surface area contributed by atoms with Crippen LogP contribution in [0.3, 0.4) is 0 Å². The zero-order chi connectivity index (χ0) is 25.5. The second-order valence-corrected chi connectivity index (χ2v) is 9.43. The van der Waals surface area contributed by atoms with Crippen molar-refractivity contribution in [2.75, 3.05) is 6.54 Å². The molecule has 0 spiro atoms. The zero-order valence-corrected chi connectivity index (χ0v) is 20.9. The largest absolute Gasteiger partial charge is 0.455 e. The van der Waals surface area contributed by atoms with E-state index in [1.165, 1.54) is 0 Å². The van der Waals surface area contributed by atoms with Gasteiger partial charge in [-0.05, 0) is 37.5 Å². The molecule has 2 heterocycles. The number of likely N-dealkylation sites (tertiary alicyclic amines) is 1. The maximum atomic E-state index is 13.1. The Bertz CT molecular complexity index is 1150. The third kappa shape index (κ3) is 6.18. The van der Waals surface area contributed by atoms with Crippen LogP contribution in [0.2, 0.25) is 0 Å². The summed E-state index contributed by atoms with van der Waals surface area (Å²) >= 11 is 0. The predicted molar refractivity (Wildman–Crippen MR) is 135 cm³/mol. The number of nitrogens with zero attached hydrogens (tertiary/aromatic N) is 4. The summed E-state index contributed by atoms with van der Waals surface area (Å²) in [5, 5.41) is 19.4. The van der Waals surface area contributed by atoms with E-state index >= 15 is 0 Å². The molecule has 1 N–H and O–H groups in total. The van der Waals surface area contributed by atoms with E-state index in [2.05, 4.69) is 29.4 Å². The van der Waals surface area contributed by atoms with Crippen LogP contribution in [-0.4, -0.2) is 49.5 Å². The minimum Gasteiger partial charge on any atom is -0.455 e. The molecule has 3 atom stereocenters. The van der Waals surface area contributed by atoms with E-state index in [0.717, 1.165) is 30.4 Å². The van der Waals surface area contributed by atoms with Crippen LogP contribution in [0, 0.1) is 6.92 Å². The number of ether oxygens (including phenoxy) is 1. The Balaban J connectivity index is 1.48. The van der Waals surface area contributed by atoms with Gasteiger partial charge in [0, 0.05) is 13.0 Å². The normalized spacial score (nSPS) is 19.8. The Labute approximate surface area is 211 Å². The van der Waals surface area contributed by atoms with Gasteiger partial charge in [0.25, 0.3) is 0 Å². The first-order chi connectivity index (χ1) is 17.5. The van der Waals surface area contributed by atoms with Crippen LogP contribution in [0.5, 0.6) is 0 Å². The molecule has 8 nitrogen and oxygen atoms in total. The van der Waals surface area contributed by atoms with Gasteiger partial charge >= 0.3 is 5.97 Å². The van der Waals surface area contributed by atoms with Crippen LogP contribution in [0.4, 0.5) is 0 Å². The van der Waals surface area contributed by atoms with Crippen molar-refractivity contribution in [1.82, 2.24) is 19.9 Å². The molecule has 2 aromatic carbocycles. The fourth-order valence-corrected chi connectivity index (χ4v) is 4.64. The number of carbonyl (C=O) groups is 2. The molecule has 0 aliphatic carbocycles. The second kappa shape index (κ2) is 11.9. The molecule has 1 aliphatic heterocycles. The van der Waals surface area contributed by atoms with Crippen LogP contribution in [0.1, 0.15) is 78.3 Å². The highest BCUT2D eigenvalue weighted by molar-refractivity contribution is 5.89. The molecule has 0 bridgehead atoms. The van der Waals surface area contributed by atoms with Crippen molar-refractivity contribution in [3.8, 4) is 0 Å². The van der Waals surface area contributed by atoms with Crippen LogP contribution in [0.25, 0.3) is 0 Å². The Morgan fingerprint density at radius 3 is 2.56 bits per heavy atom. The number of carbonyl (C=O) groups excluding carboxylic acids is 2. The van der Waals surface area contributed by atoms with Gasteiger partial charge in [0.05, 0.1) is 29.9 Å². The molecule has 1 saturated heterocycles. The molecule has 1 fully saturated rings. The number of esters is 1. The molecule has 0 unspecified atom stereocenters. The summed E-state index contributed by atoms with van der Waals surface area (Å²) in [7, 11) is 0. The number of aromatic nitrogens is 3. The first-order valence-electron chi connectivity index (χ1n) is 12.6. The molecule has 190 valence electrons. The average molecular weight is 491 g/mol. The summed E-state index contributed by atoms with van der Waals surface area (Å²) in [6.07, 6.45) is 4.82. The van der Waals surface area contributed by atoms with Gasteiger partial charge in [-0.2, -0.15) is 0 Å². The number of piperidine rings is 1. The first kappa shape index (κ1) is 25.6. The lowest BCUT2D eigenvalue weighted by molar-refractivity contribution is -0.140. The molecule has 0 radical (unpaired) electrons. The zero-order valence-electron chi connectivity index (χ0n) is 20.9. The lowest BCUT2D eigenvalue weighted by Crippen LogP contribution is -2.49. The van der Waals surface area contributed by atoms with Gasteiger partial charge in [0.2, 0.25) is 5.91 Å². The van der Waals surface area contributed by atoms with Gasteiger partial charge < -0.3 is 14.7 Å². The van der Waals surface area contributed by atoms with Crippen molar-refractivity contribution in [2.24, 2.45) is 0 Å². The summed E-state index contributed by atoms with van der Waals surface area (Å²) in [6, 6.07) is 16.4. The minimum absolute atomic E-state index is 0.0139. The van der Waals surface area contributed by atoms with E-state index in [1.807, 2.05) is 30.0 Å². The van der Waals surface area contributed by atoms with Gasteiger partial charge in [-0.15, -0.1) is 5.10 Å². The summed E-state index contributed by atoms with van der Waals surface area (Å²) in [5.41, 5.74) is 3.16. The van der Waals surface area contributed by atoms with E-state index in [-0.39, 0.29) is 31.1 Å². The molecule has 1 aliphatic rings. The smallest absolute Gasteiger partial charge is 0.338 e. The van der Waals surface area contributed by atoms with Gasteiger partial charge in [0.1, 0.15) is 12.3 Å². The minimum atomic E-state index is -0.789. The summed E-state index contributed by atoms with van der Waals surface area (Å²) in [4.78, 5) is 27.2. The second-order valence-electron chi connectivity index (χ2n) is 9.43. The van der Waals surface area contributed by atoms with Crippen molar-refractivity contribution in [3.63, 3.8) is 0 Å². The lowest BCUT2D eigenvalue weighted by atomic mass is 9.89. The third-order valence-electron chi connectivity index (χ3n) is 6.70. The van der Waals surface area contributed by atoms with Crippen molar-refractivity contribution in [2.45, 2.75) is 70.7 Å². The number of amides is 1. The molecule has 1 aromatic heterocycles. The summed E-state index contributed by atoms with van der Waals surface area (Å²) in [6.45, 7) is 4.36. The van der Waals surface area contributed by atoms with E-state index in [4.69, 9.17) is 4.74 Å². The number of aliphatic hydroxyl groups is 1. The van der Waals surface area contributed by atoms with Crippen LogP contribution in [0.15, 0.2) is 60.8 Å². The SMILES string of the molecule is CCCCCC(=O)N1C[C@@H](O)[C@H](n2cc(COC(=O)c3ccccc3)nn2)C[C@@H]1c1ccc(C)cc1. The van der Waals surface area contributed by atoms with E-state index in [1.54, 1.807) is 35.1 Å². The van der Waals surface area contributed by atoms with Gasteiger partial charge in [0.15, 0.2) is 0 Å². The molecule has 0 saturated carbocycles. The van der Waals surface area contributed by atoms with Crippen molar-refractivity contribution >= 4 is 11.9 Å². The highest BCUT2D eigenvalue weighted by atomic mass is 16.5. The standard InChI is InChI=1S/C28H34N4O4/c1-3-4-6-11-27(34)31-18-26(33)25(16-24(31)21-14-12-20(2)13-15-21)32-17-23(29-30-32)19-36-28(35)22-9-7-5-8-10-22/h5,7-10,12-15,17,24-26,33H,3-4,6,11,16,18-19H2,1-2H3/t24-,25-,26-/m1/s1. The van der Waals surface area contributed by atoms with Gasteiger partial charge in [-0.25, -0.2) is 9.48 Å². The fraction of sp³-hybridized carbons (Fsp3) is 0.429. The molecular formula is C28H34N4O4. The average Bonchev–Trinajstić information content (AvgIpc) is 3.37. The Morgan fingerprint density at radius 1 is 1.08 bits per heavy atom. The highest BCUT2D eigenvalue weighted by Gasteiger charge is 2.39. The maximum Gasteiger partial charge on any atom is 0.338 e. The molecular weight excluding hydrogens is 456 g/mol. The monoisotopic (exact) mass is 490 g/mol. The molecule has 3 aromatic rings. The number of hydrogen-bond donors (Lipinski definition) is 1. The number of aliphatic hydroxyl groups excluding tert-OH is 1. The summed E-state index contributed by atoms with van der Waals surface area (Å²) in [5.74, 6) is -0.363. The number of β-amino-alcohol motifs (C(OH)–C–C–N with tert-alkyl or cyclic N) is 1. The lowest BCUT2D eigenvalue weighted by Gasteiger charge is -2.42. The number of unbranched alkanes of at least 4 members (excludes halogenated alkanes) is 2. The Kier molecular flexibility index (Phi) is 8.48. The number of hydrogen-bond acceptors (Lipinski definition) is 6. The maximum absolute atomic E-state index is 13.1. The summed E-state index contributed by atoms with van der Waals surface area (Å²) < 4.78 is 7.00. The molecule has 1 amide bonds. The van der Waals surface area contributed by atoms with Crippen LogP contribution >= 0.6 is 0 Å². The topological polar surface area (TPSA) is 97.6 Å². The number of aryl methyl sites for hydroxylation is 1. The van der Waals surface area contributed by atoms with E-state index in [0.29, 0.717) is 24.1 Å². The number of rotatable bonds is 9. The van der Waals surface area contributed by atoms with Crippen molar-refractivity contribution in [3.05, 3.63) is 83.2 Å². The van der Waals surface area contributed by atoms with Crippen molar-refractivity contribution < 1.29 is 19.4 Å².